The van der Waals surface area contributed by atoms with Crippen molar-refractivity contribution in [2.45, 2.75) is 83.3 Å². The minimum Gasteiger partial charge on any atom is -0.495 e. The fourth-order valence-electron chi connectivity index (χ4n) is 6.31. The summed E-state index contributed by atoms with van der Waals surface area (Å²) in [5.41, 5.74) is 0.377. The minimum absolute atomic E-state index is 0.0460. The molecule has 5 rings (SSSR count). The fourth-order valence-corrected chi connectivity index (χ4v) is 6.31. The largest absolute Gasteiger partial charge is 0.495 e. The molecular weight excluding hydrogens is 508 g/mol. The number of rotatable bonds is 7. The first-order valence-corrected chi connectivity index (χ1v) is 14.5. The first-order valence-electron chi connectivity index (χ1n) is 14.5. The van der Waals surface area contributed by atoms with Gasteiger partial charge >= 0.3 is 0 Å². The van der Waals surface area contributed by atoms with Gasteiger partial charge in [-0.05, 0) is 57.7 Å². The lowest BCUT2D eigenvalue weighted by Gasteiger charge is -2.34. The number of aromatic nitrogens is 2. The molecule has 10 nitrogen and oxygen atoms in total. The average Bonchev–Trinajstić information content (AvgIpc) is 3.47. The van der Waals surface area contributed by atoms with Gasteiger partial charge in [-0.25, -0.2) is 4.98 Å². The maximum absolute atomic E-state index is 13.3. The summed E-state index contributed by atoms with van der Waals surface area (Å²) in [5, 5.41) is 16.9. The molecule has 0 bridgehead atoms. The summed E-state index contributed by atoms with van der Waals surface area (Å²) in [4.78, 5) is 39.5. The van der Waals surface area contributed by atoms with Crippen molar-refractivity contribution < 1.29 is 19.4 Å². The number of benzene rings is 1. The zero-order valence-electron chi connectivity index (χ0n) is 24.1. The summed E-state index contributed by atoms with van der Waals surface area (Å²) in [6.45, 7) is 4.81. The highest BCUT2D eigenvalue weighted by Crippen LogP contribution is 2.40. The molecule has 2 amide bonds. The molecule has 2 heterocycles. The van der Waals surface area contributed by atoms with Crippen molar-refractivity contribution in [2.24, 2.45) is 5.41 Å². The number of nitrogens with one attached hydrogen (secondary N) is 2. The summed E-state index contributed by atoms with van der Waals surface area (Å²) in [7, 11) is 3.34. The van der Waals surface area contributed by atoms with Crippen molar-refractivity contribution >= 4 is 35.0 Å². The number of nitrogens with zero attached hydrogens (tertiary/aromatic N) is 4. The number of aliphatic hydroxyl groups is 1. The molecule has 0 spiro atoms. The highest BCUT2D eigenvalue weighted by atomic mass is 16.5. The van der Waals surface area contributed by atoms with E-state index in [1.54, 1.807) is 43.5 Å². The van der Waals surface area contributed by atoms with Gasteiger partial charge in [0.25, 0.3) is 5.91 Å². The summed E-state index contributed by atoms with van der Waals surface area (Å²) in [6, 6.07) is 5.49. The molecule has 0 radical (unpaired) electrons. The molecule has 1 aromatic carbocycles. The van der Waals surface area contributed by atoms with Gasteiger partial charge in [-0.1, -0.05) is 32.1 Å². The van der Waals surface area contributed by atoms with E-state index in [9.17, 15) is 14.7 Å². The van der Waals surface area contributed by atoms with Crippen LogP contribution in [0.3, 0.4) is 0 Å². The molecule has 2 fully saturated rings. The van der Waals surface area contributed by atoms with Gasteiger partial charge < -0.3 is 30.3 Å². The van der Waals surface area contributed by atoms with E-state index in [0.717, 1.165) is 37.9 Å². The Morgan fingerprint density at radius 2 is 1.88 bits per heavy atom. The third kappa shape index (κ3) is 5.73. The van der Waals surface area contributed by atoms with Gasteiger partial charge in [0.05, 0.1) is 30.0 Å². The Bertz CT molecular complexity index is 1250. The van der Waals surface area contributed by atoms with Crippen LogP contribution in [0.5, 0.6) is 5.75 Å². The first kappa shape index (κ1) is 28.1. The van der Waals surface area contributed by atoms with Gasteiger partial charge in [0, 0.05) is 31.7 Å². The third-order valence-corrected chi connectivity index (χ3v) is 8.67. The van der Waals surface area contributed by atoms with E-state index in [1.165, 1.54) is 12.8 Å². The van der Waals surface area contributed by atoms with Crippen molar-refractivity contribution in [3.8, 4) is 5.75 Å². The lowest BCUT2D eigenvalue weighted by atomic mass is 9.85. The SMILES string of the molecule is COc1cc(C(=O)NCC2(O)CCCCC2)ccc1Nc1ncc2c(n1)N(C1CCCC1)CC(C)(C)C(=O)N2C. The maximum atomic E-state index is 13.3. The Labute approximate surface area is 236 Å². The Kier molecular flexibility index (Phi) is 7.90. The van der Waals surface area contributed by atoms with Crippen LogP contribution in [0.4, 0.5) is 23.1 Å². The molecule has 40 heavy (non-hydrogen) atoms. The number of methoxy groups -OCH3 is 1. The molecule has 0 atom stereocenters. The van der Waals surface area contributed by atoms with Crippen LogP contribution in [-0.2, 0) is 4.79 Å². The summed E-state index contributed by atoms with van der Waals surface area (Å²) in [5.74, 6) is 1.40. The van der Waals surface area contributed by atoms with Crippen LogP contribution in [0.1, 0.15) is 82.0 Å². The average molecular weight is 551 g/mol. The molecule has 2 aliphatic carbocycles. The van der Waals surface area contributed by atoms with E-state index in [1.807, 2.05) is 13.8 Å². The van der Waals surface area contributed by atoms with Crippen LogP contribution in [0.2, 0.25) is 0 Å². The number of fused-ring (bicyclic) bond motifs is 1. The highest BCUT2D eigenvalue weighted by molar-refractivity contribution is 6.01. The molecule has 1 aliphatic heterocycles. The molecule has 3 aliphatic rings. The number of anilines is 4. The lowest BCUT2D eigenvalue weighted by Crippen LogP contribution is -2.45. The van der Waals surface area contributed by atoms with Gasteiger partial charge in [0.2, 0.25) is 11.9 Å². The smallest absolute Gasteiger partial charge is 0.251 e. The minimum atomic E-state index is -0.831. The second-order valence-corrected chi connectivity index (χ2v) is 12.2. The molecule has 2 aromatic rings. The number of carbonyl (C=O) groups excluding carboxylic acids is 2. The summed E-state index contributed by atoms with van der Waals surface area (Å²) in [6.07, 6.45) is 10.7. The zero-order chi connectivity index (χ0) is 28.5. The Hall–Kier alpha value is -3.40. The van der Waals surface area contributed by atoms with Crippen LogP contribution in [0.15, 0.2) is 24.4 Å². The van der Waals surface area contributed by atoms with Crippen LogP contribution in [0, 0.1) is 5.41 Å². The van der Waals surface area contributed by atoms with Crippen molar-refractivity contribution in [2.75, 3.05) is 42.4 Å². The maximum Gasteiger partial charge on any atom is 0.251 e. The van der Waals surface area contributed by atoms with Crippen LogP contribution < -0.4 is 25.2 Å². The van der Waals surface area contributed by atoms with Crippen LogP contribution >= 0.6 is 0 Å². The van der Waals surface area contributed by atoms with Gasteiger partial charge in [-0.15, -0.1) is 0 Å². The number of amides is 2. The van der Waals surface area contributed by atoms with Crippen LogP contribution in [0.25, 0.3) is 0 Å². The number of hydrogen-bond donors (Lipinski definition) is 3. The lowest BCUT2D eigenvalue weighted by molar-refractivity contribution is -0.125. The van der Waals surface area contributed by atoms with Crippen molar-refractivity contribution in [1.29, 1.82) is 0 Å². The van der Waals surface area contributed by atoms with Crippen LogP contribution in [-0.4, -0.2) is 65.8 Å². The van der Waals surface area contributed by atoms with Crippen molar-refractivity contribution in [3.05, 3.63) is 30.0 Å². The van der Waals surface area contributed by atoms with E-state index < -0.39 is 11.0 Å². The molecular formula is C30H42N6O4. The van der Waals surface area contributed by atoms with Gasteiger partial charge in [-0.3, -0.25) is 9.59 Å². The highest BCUT2D eigenvalue weighted by Gasteiger charge is 2.41. The first-order chi connectivity index (χ1) is 19.1. The topological polar surface area (TPSA) is 120 Å². The predicted molar refractivity (Wildman–Crippen MR) is 155 cm³/mol. The number of hydrogen-bond acceptors (Lipinski definition) is 8. The molecule has 10 heteroatoms. The Morgan fingerprint density at radius 3 is 2.58 bits per heavy atom. The second-order valence-electron chi connectivity index (χ2n) is 12.2. The predicted octanol–water partition coefficient (Wildman–Crippen LogP) is 4.41. The van der Waals surface area contributed by atoms with Gasteiger partial charge in [0.1, 0.15) is 11.4 Å². The Balaban J connectivity index is 1.37. The molecule has 1 aromatic heterocycles. The summed E-state index contributed by atoms with van der Waals surface area (Å²) < 4.78 is 5.61. The van der Waals surface area contributed by atoms with E-state index >= 15 is 0 Å². The zero-order valence-corrected chi connectivity index (χ0v) is 24.1. The summed E-state index contributed by atoms with van der Waals surface area (Å²) >= 11 is 0. The van der Waals surface area contributed by atoms with Crippen molar-refractivity contribution in [3.63, 3.8) is 0 Å². The van der Waals surface area contributed by atoms with Gasteiger partial charge in [-0.2, -0.15) is 4.98 Å². The molecule has 2 saturated carbocycles. The van der Waals surface area contributed by atoms with E-state index in [-0.39, 0.29) is 18.4 Å². The molecule has 3 N–H and O–H groups in total. The van der Waals surface area contributed by atoms with Crippen molar-refractivity contribution in [1.82, 2.24) is 15.3 Å². The Morgan fingerprint density at radius 1 is 1.15 bits per heavy atom. The monoisotopic (exact) mass is 550 g/mol. The van der Waals surface area contributed by atoms with Gasteiger partial charge in [0.15, 0.2) is 5.82 Å². The normalized spacial score (nSPS) is 20.6. The quantitative estimate of drug-likeness (QED) is 0.464. The van der Waals surface area contributed by atoms with E-state index in [0.29, 0.717) is 54.1 Å². The number of carbonyl (C=O) groups is 2. The standard InChI is InChI=1S/C30H42N6O4/c1-29(2)19-36(21-10-6-7-11-21)25-23(35(3)27(29)38)17-31-28(34-25)33-22-13-12-20(16-24(22)40-4)26(37)32-18-30(39)14-8-5-9-15-30/h12-13,16-17,21,39H,5-11,14-15,18-19H2,1-4H3,(H,32,37)(H,31,33,34). The van der Waals surface area contributed by atoms with E-state index in [4.69, 9.17) is 9.72 Å². The molecule has 0 saturated heterocycles. The fraction of sp³-hybridized carbons (Fsp3) is 0.600. The second kappa shape index (κ2) is 11.2. The third-order valence-electron chi connectivity index (χ3n) is 8.67. The molecule has 216 valence electrons. The number of ether oxygens (including phenoxy) is 1. The molecule has 0 unspecified atom stereocenters. The van der Waals surface area contributed by atoms with E-state index in [2.05, 4.69) is 20.5 Å².